The zero-order chi connectivity index (χ0) is 22.1. The molecule has 4 rings (SSSR count). The van der Waals surface area contributed by atoms with Gasteiger partial charge < -0.3 is 23.9 Å². The van der Waals surface area contributed by atoms with E-state index in [9.17, 15) is 18.0 Å². The number of nitrogens with one attached hydrogen (secondary N) is 1. The smallest absolute Gasteiger partial charge is 0.341 e. The van der Waals surface area contributed by atoms with Crippen LogP contribution in [0.1, 0.15) is 16.1 Å². The average Bonchev–Trinajstić information content (AvgIpc) is 3.13. The molecule has 1 saturated heterocycles. The Bertz CT molecular complexity index is 1150. The van der Waals surface area contributed by atoms with E-state index in [0.717, 1.165) is 7.11 Å². The van der Waals surface area contributed by atoms with E-state index >= 15 is 0 Å². The predicted molar refractivity (Wildman–Crippen MR) is 112 cm³/mol. The highest BCUT2D eigenvalue weighted by atomic mass is 35.5. The van der Waals surface area contributed by atoms with Gasteiger partial charge in [-0.25, -0.2) is 22.9 Å². The molecule has 7 nitrogen and oxygen atoms in total. The average molecular weight is 472 g/mol. The molecule has 0 spiro atoms. The lowest BCUT2D eigenvalue weighted by molar-refractivity contribution is 0.0286. The summed E-state index contributed by atoms with van der Waals surface area (Å²) in [6.07, 6.45) is 1.67. The molecule has 1 atom stereocenters. The van der Waals surface area contributed by atoms with Crippen LogP contribution in [0.15, 0.2) is 24.4 Å². The van der Waals surface area contributed by atoms with Crippen LogP contribution in [0.2, 0.25) is 0 Å². The topological polar surface area (TPSA) is 74.1 Å². The molecule has 2 aromatic heterocycles. The molecule has 0 unspecified atom stereocenters. The van der Waals surface area contributed by atoms with Gasteiger partial charge in [0.15, 0.2) is 11.6 Å². The minimum Gasteiger partial charge on any atom is -0.497 e. The number of fused-ring (bicyclic) bond motifs is 1. The number of methoxy groups -OCH3 is 2. The molecule has 1 aromatic carbocycles. The van der Waals surface area contributed by atoms with Crippen molar-refractivity contribution in [3.8, 4) is 17.0 Å². The largest absolute Gasteiger partial charge is 0.497 e. The third kappa shape index (κ3) is 4.25. The van der Waals surface area contributed by atoms with Gasteiger partial charge >= 0.3 is 5.97 Å². The van der Waals surface area contributed by atoms with Crippen LogP contribution < -0.4 is 10.1 Å². The fourth-order valence-electron chi connectivity index (χ4n) is 3.64. The van der Waals surface area contributed by atoms with E-state index in [1.54, 1.807) is 22.7 Å². The molecular weight excluding hydrogens is 451 g/mol. The molecule has 172 valence electrons. The molecule has 32 heavy (non-hydrogen) atoms. The summed E-state index contributed by atoms with van der Waals surface area (Å²) in [5, 5.41) is 3.20. The first-order valence-electron chi connectivity index (χ1n) is 9.58. The number of benzene rings is 1. The van der Waals surface area contributed by atoms with Gasteiger partial charge in [-0.15, -0.1) is 12.4 Å². The highest BCUT2D eigenvalue weighted by molar-refractivity contribution is 5.90. The van der Waals surface area contributed by atoms with Crippen LogP contribution in [0.4, 0.5) is 13.2 Å². The van der Waals surface area contributed by atoms with Gasteiger partial charge in [-0.05, 0) is 12.1 Å². The Morgan fingerprint density at radius 2 is 2.06 bits per heavy atom. The van der Waals surface area contributed by atoms with Crippen LogP contribution in [-0.2, 0) is 15.9 Å². The molecule has 0 amide bonds. The van der Waals surface area contributed by atoms with Gasteiger partial charge in [0.2, 0.25) is 0 Å². The van der Waals surface area contributed by atoms with Crippen molar-refractivity contribution < 1.29 is 32.2 Å². The van der Waals surface area contributed by atoms with Crippen molar-refractivity contribution in [2.24, 2.45) is 0 Å². The number of esters is 1. The number of carbonyl (C=O) groups is 1. The number of imidazole rings is 1. The highest BCUT2D eigenvalue weighted by Gasteiger charge is 2.29. The molecular formula is C21H21ClF3N3O4. The number of carbonyl (C=O) groups excluding carboxylic acids is 1. The van der Waals surface area contributed by atoms with Crippen molar-refractivity contribution in [3.63, 3.8) is 0 Å². The number of morpholine rings is 1. The Morgan fingerprint density at radius 1 is 1.28 bits per heavy atom. The minimum absolute atomic E-state index is 0. The molecule has 3 heterocycles. The van der Waals surface area contributed by atoms with Crippen molar-refractivity contribution in [2.75, 3.05) is 33.9 Å². The molecule has 1 N–H and O–H groups in total. The molecule has 0 radical (unpaired) electrons. The van der Waals surface area contributed by atoms with Gasteiger partial charge in [0.1, 0.15) is 22.8 Å². The third-order valence-corrected chi connectivity index (χ3v) is 5.16. The molecule has 0 saturated carbocycles. The third-order valence-electron chi connectivity index (χ3n) is 5.16. The van der Waals surface area contributed by atoms with Gasteiger partial charge in [0, 0.05) is 31.8 Å². The van der Waals surface area contributed by atoms with Crippen molar-refractivity contribution in [3.05, 3.63) is 53.1 Å². The second kappa shape index (κ2) is 9.76. The summed E-state index contributed by atoms with van der Waals surface area (Å²) in [7, 11) is 2.48. The number of aromatic nitrogens is 2. The standard InChI is InChI=1S/C21H20F3N3O4.ClH/c1-29-11-3-5-27-15(7-12-10-25-4-6-31-12)20(26-16(27)8-11)17-14(22)9-13(21(28)30-2)18(23)19(17)24;/h3,5,8-9,12,25H,4,6-7,10H2,1-2H3;1H/t12-;/m0./s1. The Morgan fingerprint density at radius 3 is 2.72 bits per heavy atom. The first-order valence-corrected chi connectivity index (χ1v) is 9.58. The second-order valence-corrected chi connectivity index (χ2v) is 7.00. The summed E-state index contributed by atoms with van der Waals surface area (Å²) in [6.45, 7) is 1.75. The summed E-state index contributed by atoms with van der Waals surface area (Å²) in [5.41, 5.74) is -0.758. The van der Waals surface area contributed by atoms with E-state index in [1.807, 2.05) is 0 Å². The molecule has 3 aromatic rings. The molecule has 1 aliphatic heterocycles. The number of ether oxygens (including phenoxy) is 3. The Kier molecular flexibility index (Phi) is 7.27. The van der Waals surface area contributed by atoms with Gasteiger partial charge in [0.05, 0.1) is 43.9 Å². The van der Waals surface area contributed by atoms with Gasteiger partial charge in [-0.2, -0.15) is 0 Å². The summed E-state index contributed by atoms with van der Waals surface area (Å²) < 4.78 is 61.6. The van der Waals surface area contributed by atoms with E-state index in [-0.39, 0.29) is 30.6 Å². The van der Waals surface area contributed by atoms with E-state index in [1.165, 1.54) is 7.11 Å². The summed E-state index contributed by atoms with van der Waals surface area (Å²) >= 11 is 0. The maximum absolute atomic E-state index is 15.0. The normalized spacial score (nSPS) is 16.0. The lowest BCUT2D eigenvalue weighted by atomic mass is 10.0. The van der Waals surface area contributed by atoms with Crippen LogP contribution >= 0.6 is 12.4 Å². The highest BCUT2D eigenvalue weighted by Crippen LogP contribution is 2.34. The summed E-state index contributed by atoms with van der Waals surface area (Å²) in [5.74, 6) is -4.82. The molecule has 11 heteroatoms. The number of halogens is 4. The number of hydrogen-bond donors (Lipinski definition) is 1. The SMILES string of the molecule is COC(=O)c1cc(F)c(-c2nc3cc(OC)ccn3c2C[C@H]2CNCCO2)c(F)c1F.Cl. The van der Waals surface area contributed by atoms with Crippen molar-refractivity contribution in [1.82, 2.24) is 14.7 Å². The van der Waals surface area contributed by atoms with Crippen LogP contribution in [0.5, 0.6) is 5.75 Å². The molecule has 1 fully saturated rings. The first kappa shape index (κ1) is 23.8. The Balaban J connectivity index is 0.00000289. The fraction of sp³-hybridized carbons (Fsp3) is 0.333. The van der Waals surface area contributed by atoms with Crippen molar-refractivity contribution >= 4 is 24.0 Å². The minimum atomic E-state index is -1.51. The quantitative estimate of drug-likeness (QED) is 0.455. The van der Waals surface area contributed by atoms with E-state index in [0.29, 0.717) is 42.9 Å². The maximum atomic E-state index is 15.0. The fourth-order valence-corrected chi connectivity index (χ4v) is 3.64. The number of pyridine rings is 1. The van der Waals surface area contributed by atoms with E-state index in [2.05, 4.69) is 15.0 Å². The van der Waals surface area contributed by atoms with E-state index < -0.39 is 34.5 Å². The Labute approximate surface area is 187 Å². The van der Waals surface area contributed by atoms with Crippen molar-refractivity contribution in [1.29, 1.82) is 0 Å². The second-order valence-electron chi connectivity index (χ2n) is 7.00. The summed E-state index contributed by atoms with van der Waals surface area (Å²) in [4.78, 5) is 16.0. The molecule has 1 aliphatic rings. The van der Waals surface area contributed by atoms with Crippen LogP contribution in [0, 0.1) is 17.5 Å². The first-order chi connectivity index (χ1) is 14.9. The Hall–Kier alpha value is -2.82. The zero-order valence-electron chi connectivity index (χ0n) is 17.3. The van der Waals surface area contributed by atoms with Gasteiger partial charge in [-0.3, -0.25) is 0 Å². The molecule has 0 aliphatic carbocycles. The molecule has 0 bridgehead atoms. The predicted octanol–water partition coefficient (Wildman–Crippen LogP) is 3.17. The zero-order valence-corrected chi connectivity index (χ0v) is 18.1. The number of hydrogen-bond acceptors (Lipinski definition) is 6. The van der Waals surface area contributed by atoms with Crippen LogP contribution in [0.3, 0.4) is 0 Å². The maximum Gasteiger partial charge on any atom is 0.341 e. The van der Waals surface area contributed by atoms with Crippen molar-refractivity contribution in [2.45, 2.75) is 12.5 Å². The lowest BCUT2D eigenvalue weighted by Crippen LogP contribution is -2.39. The summed E-state index contributed by atoms with van der Waals surface area (Å²) in [6, 6.07) is 3.89. The lowest BCUT2D eigenvalue weighted by Gasteiger charge is -2.24. The van der Waals surface area contributed by atoms with Crippen LogP contribution in [-0.4, -0.2) is 55.4 Å². The van der Waals surface area contributed by atoms with Gasteiger partial charge in [-0.1, -0.05) is 0 Å². The monoisotopic (exact) mass is 471 g/mol. The van der Waals surface area contributed by atoms with E-state index in [4.69, 9.17) is 9.47 Å². The van der Waals surface area contributed by atoms with Crippen LogP contribution in [0.25, 0.3) is 16.9 Å². The van der Waals surface area contributed by atoms with Gasteiger partial charge in [0.25, 0.3) is 0 Å². The number of rotatable bonds is 5. The number of nitrogens with zero attached hydrogens (tertiary/aromatic N) is 2.